The number of phenols is 1. The van der Waals surface area contributed by atoms with Crippen molar-refractivity contribution < 1.29 is 19.4 Å². The number of carbonyl (C=O) groups is 1. The molecule has 1 heterocycles. The molecule has 108 valence electrons. The SMILES string of the molecule is CC=C(C)C(=O)OC1Cc2ccc(O)cc2OC1(C)C. The number of aromatic hydroxyl groups is 1. The number of esters is 1. The van der Waals surface area contributed by atoms with Crippen molar-refractivity contribution in [3.8, 4) is 11.5 Å². The van der Waals surface area contributed by atoms with Crippen molar-refractivity contribution in [3.05, 3.63) is 35.4 Å². The highest BCUT2D eigenvalue weighted by atomic mass is 16.6. The van der Waals surface area contributed by atoms with Crippen LogP contribution in [0.15, 0.2) is 29.8 Å². The van der Waals surface area contributed by atoms with Gasteiger partial charge in [-0.25, -0.2) is 4.79 Å². The first-order valence-corrected chi connectivity index (χ1v) is 6.68. The number of rotatable bonds is 2. The van der Waals surface area contributed by atoms with E-state index in [0.29, 0.717) is 17.7 Å². The minimum atomic E-state index is -0.634. The maximum absolute atomic E-state index is 11.9. The first kappa shape index (κ1) is 14.4. The van der Waals surface area contributed by atoms with E-state index in [1.165, 1.54) is 0 Å². The van der Waals surface area contributed by atoms with Gasteiger partial charge in [0.25, 0.3) is 0 Å². The molecule has 0 aromatic heterocycles. The number of benzene rings is 1. The molecule has 0 bridgehead atoms. The molecule has 0 radical (unpaired) electrons. The summed E-state index contributed by atoms with van der Waals surface area (Å²) in [6.45, 7) is 7.29. The Labute approximate surface area is 119 Å². The molecule has 1 unspecified atom stereocenters. The monoisotopic (exact) mass is 276 g/mol. The summed E-state index contributed by atoms with van der Waals surface area (Å²) in [5, 5.41) is 9.50. The highest BCUT2D eigenvalue weighted by Crippen LogP contribution is 2.36. The largest absolute Gasteiger partial charge is 0.508 e. The molecule has 0 saturated carbocycles. The number of hydrogen-bond donors (Lipinski definition) is 1. The predicted molar refractivity (Wildman–Crippen MR) is 75.8 cm³/mol. The number of allylic oxidation sites excluding steroid dienone is 1. The topological polar surface area (TPSA) is 55.8 Å². The van der Waals surface area contributed by atoms with E-state index in [0.717, 1.165) is 5.56 Å². The summed E-state index contributed by atoms with van der Waals surface area (Å²) < 4.78 is 11.4. The van der Waals surface area contributed by atoms with Gasteiger partial charge in [0, 0.05) is 18.1 Å². The first-order valence-electron chi connectivity index (χ1n) is 6.68. The van der Waals surface area contributed by atoms with E-state index < -0.39 is 5.60 Å². The third-order valence-electron chi connectivity index (χ3n) is 3.61. The average molecular weight is 276 g/mol. The van der Waals surface area contributed by atoms with E-state index in [2.05, 4.69) is 0 Å². The highest BCUT2D eigenvalue weighted by Gasteiger charge is 2.39. The minimum Gasteiger partial charge on any atom is -0.508 e. The molecule has 0 aliphatic carbocycles. The number of hydrogen-bond acceptors (Lipinski definition) is 4. The molecular formula is C16H20O4. The lowest BCUT2D eigenvalue weighted by atomic mass is 9.91. The lowest BCUT2D eigenvalue weighted by molar-refractivity contribution is -0.156. The number of carbonyl (C=O) groups excluding carboxylic acids is 1. The van der Waals surface area contributed by atoms with Crippen LogP contribution in [0.1, 0.15) is 33.3 Å². The van der Waals surface area contributed by atoms with Crippen LogP contribution in [0.25, 0.3) is 0 Å². The van der Waals surface area contributed by atoms with Crippen molar-refractivity contribution in [3.63, 3.8) is 0 Å². The summed E-state index contributed by atoms with van der Waals surface area (Å²) in [5.74, 6) is 0.487. The minimum absolute atomic E-state index is 0.166. The van der Waals surface area contributed by atoms with Crippen molar-refractivity contribution in [2.45, 2.75) is 45.8 Å². The smallest absolute Gasteiger partial charge is 0.333 e. The number of ether oxygens (including phenoxy) is 2. The molecule has 1 aromatic rings. The zero-order valence-corrected chi connectivity index (χ0v) is 12.3. The van der Waals surface area contributed by atoms with Gasteiger partial charge in [-0.05, 0) is 39.3 Å². The molecule has 1 aliphatic heterocycles. The summed E-state index contributed by atoms with van der Waals surface area (Å²) in [5.41, 5.74) is 0.875. The molecule has 20 heavy (non-hydrogen) atoms. The lowest BCUT2D eigenvalue weighted by Gasteiger charge is -2.39. The zero-order chi connectivity index (χ0) is 14.9. The van der Waals surface area contributed by atoms with Gasteiger partial charge in [0.15, 0.2) is 0 Å². The van der Waals surface area contributed by atoms with E-state index >= 15 is 0 Å². The lowest BCUT2D eigenvalue weighted by Crippen LogP contribution is -2.48. The van der Waals surface area contributed by atoms with Gasteiger partial charge in [0.05, 0.1) is 0 Å². The van der Waals surface area contributed by atoms with E-state index in [9.17, 15) is 9.90 Å². The van der Waals surface area contributed by atoms with Gasteiger partial charge < -0.3 is 14.6 Å². The second kappa shape index (κ2) is 5.19. The molecule has 4 nitrogen and oxygen atoms in total. The van der Waals surface area contributed by atoms with Crippen LogP contribution in [-0.4, -0.2) is 22.8 Å². The van der Waals surface area contributed by atoms with Crippen LogP contribution in [0.3, 0.4) is 0 Å². The standard InChI is InChI=1S/C16H20O4/c1-5-10(2)15(18)19-14-8-11-6-7-12(17)9-13(11)20-16(14,3)4/h5-7,9,14,17H,8H2,1-4H3. The molecule has 1 N–H and O–H groups in total. The fraction of sp³-hybridized carbons (Fsp3) is 0.438. The van der Waals surface area contributed by atoms with Crippen LogP contribution < -0.4 is 4.74 Å². The van der Waals surface area contributed by atoms with Crippen molar-refractivity contribution in [2.24, 2.45) is 0 Å². The van der Waals surface area contributed by atoms with Crippen molar-refractivity contribution in [1.29, 1.82) is 0 Å². The van der Waals surface area contributed by atoms with Gasteiger partial charge in [-0.3, -0.25) is 0 Å². The molecule has 1 aliphatic rings. The van der Waals surface area contributed by atoms with Crippen molar-refractivity contribution >= 4 is 5.97 Å². The van der Waals surface area contributed by atoms with Crippen molar-refractivity contribution in [1.82, 2.24) is 0 Å². The molecule has 0 spiro atoms. The summed E-state index contributed by atoms with van der Waals surface area (Å²) in [4.78, 5) is 11.9. The molecule has 0 fully saturated rings. The van der Waals surface area contributed by atoms with Gasteiger partial charge in [0.1, 0.15) is 23.2 Å². The average Bonchev–Trinajstić information content (AvgIpc) is 2.38. The fourth-order valence-corrected chi connectivity index (χ4v) is 2.13. The summed E-state index contributed by atoms with van der Waals surface area (Å²) in [6.07, 6.45) is 1.94. The summed E-state index contributed by atoms with van der Waals surface area (Å²) in [7, 11) is 0. The van der Waals surface area contributed by atoms with E-state index in [4.69, 9.17) is 9.47 Å². The van der Waals surface area contributed by atoms with Crippen LogP contribution >= 0.6 is 0 Å². The van der Waals surface area contributed by atoms with Gasteiger partial charge in [0.2, 0.25) is 0 Å². The Balaban J connectivity index is 2.23. The van der Waals surface area contributed by atoms with Gasteiger partial charge in [-0.15, -0.1) is 0 Å². The third kappa shape index (κ3) is 2.79. The predicted octanol–water partition coefficient (Wildman–Crippen LogP) is 2.98. The Morgan fingerprint density at radius 2 is 2.20 bits per heavy atom. The van der Waals surface area contributed by atoms with Crippen LogP contribution in [0, 0.1) is 0 Å². The molecule has 0 amide bonds. The van der Waals surface area contributed by atoms with E-state index in [1.54, 1.807) is 38.1 Å². The van der Waals surface area contributed by atoms with E-state index in [-0.39, 0.29) is 17.8 Å². The number of fused-ring (bicyclic) bond motifs is 1. The van der Waals surface area contributed by atoms with Gasteiger partial charge >= 0.3 is 5.97 Å². The second-order valence-electron chi connectivity index (χ2n) is 5.57. The summed E-state index contributed by atoms with van der Waals surface area (Å²) in [6, 6.07) is 4.99. The Morgan fingerprint density at radius 3 is 2.85 bits per heavy atom. The van der Waals surface area contributed by atoms with Crippen LogP contribution in [-0.2, 0) is 16.0 Å². The van der Waals surface area contributed by atoms with Crippen LogP contribution in [0.4, 0.5) is 0 Å². The fourth-order valence-electron chi connectivity index (χ4n) is 2.13. The Bertz CT molecular complexity index is 558. The molecular weight excluding hydrogens is 256 g/mol. The molecule has 0 saturated heterocycles. The molecule has 1 atom stereocenters. The maximum Gasteiger partial charge on any atom is 0.333 e. The van der Waals surface area contributed by atoms with Crippen LogP contribution in [0.2, 0.25) is 0 Å². The van der Waals surface area contributed by atoms with Crippen molar-refractivity contribution in [2.75, 3.05) is 0 Å². The first-order chi connectivity index (χ1) is 9.33. The molecule has 1 aromatic carbocycles. The zero-order valence-electron chi connectivity index (χ0n) is 12.3. The Kier molecular flexibility index (Phi) is 3.75. The number of phenolic OH excluding ortho intramolecular Hbond substituents is 1. The van der Waals surface area contributed by atoms with E-state index in [1.807, 2.05) is 13.8 Å². The van der Waals surface area contributed by atoms with Gasteiger partial charge in [-0.2, -0.15) is 0 Å². The Hall–Kier alpha value is -1.97. The maximum atomic E-state index is 11.9. The quantitative estimate of drug-likeness (QED) is 0.666. The van der Waals surface area contributed by atoms with Crippen LogP contribution in [0.5, 0.6) is 11.5 Å². The Morgan fingerprint density at radius 1 is 1.50 bits per heavy atom. The highest BCUT2D eigenvalue weighted by molar-refractivity contribution is 5.87. The normalized spacial score (nSPS) is 20.8. The third-order valence-corrected chi connectivity index (χ3v) is 3.61. The second-order valence-corrected chi connectivity index (χ2v) is 5.57. The van der Waals surface area contributed by atoms with Gasteiger partial charge in [-0.1, -0.05) is 12.1 Å². The molecule has 4 heteroatoms. The molecule has 2 rings (SSSR count). The summed E-state index contributed by atoms with van der Waals surface area (Å²) >= 11 is 0.